The summed E-state index contributed by atoms with van der Waals surface area (Å²) in [5.41, 5.74) is 3.68. The van der Waals surface area contributed by atoms with Crippen LogP contribution in [0.3, 0.4) is 0 Å². The number of anilines is 1. The van der Waals surface area contributed by atoms with Crippen molar-refractivity contribution in [3.05, 3.63) is 34.1 Å². The summed E-state index contributed by atoms with van der Waals surface area (Å²) >= 11 is 17.8. The fourth-order valence-electron chi connectivity index (χ4n) is 2.77. The van der Waals surface area contributed by atoms with E-state index in [1.807, 2.05) is 0 Å². The predicted molar refractivity (Wildman–Crippen MR) is 102 cm³/mol. The van der Waals surface area contributed by atoms with Crippen LogP contribution >= 0.6 is 35.4 Å². The zero-order chi connectivity index (χ0) is 16.2. The van der Waals surface area contributed by atoms with Gasteiger partial charge in [-0.1, -0.05) is 34.9 Å². The van der Waals surface area contributed by atoms with Gasteiger partial charge in [0.25, 0.3) is 0 Å². The SMILES string of the molecule is S=C(NCCC1=CCCCC1)Nc1c(Cl)c(Cl)cc2[nH]cnc12. The van der Waals surface area contributed by atoms with E-state index in [1.54, 1.807) is 12.4 Å². The number of aromatic nitrogens is 2. The fourth-order valence-corrected chi connectivity index (χ4v) is 3.37. The Balaban J connectivity index is 1.62. The summed E-state index contributed by atoms with van der Waals surface area (Å²) in [4.78, 5) is 7.29. The maximum Gasteiger partial charge on any atom is 0.170 e. The molecule has 0 amide bonds. The van der Waals surface area contributed by atoms with Crippen molar-refractivity contribution in [2.75, 3.05) is 11.9 Å². The summed E-state index contributed by atoms with van der Waals surface area (Å²) in [5, 5.41) is 7.75. The third-order valence-corrected chi connectivity index (χ3v) is 4.99. The Kier molecular flexibility index (Phi) is 5.41. The molecule has 7 heteroatoms. The van der Waals surface area contributed by atoms with Gasteiger partial charge in [0.1, 0.15) is 5.52 Å². The lowest BCUT2D eigenvalue weighted by atomic mass is 9.97. The fraction of sp³-hybridized carbons (Fsp3) is 0.375. The number of halogens is 2. The zero-order valence-electron chi connectivity index (χ0n) is 12.6. The molecule has 1 aromatic carbocycles. The van der Waals surface area contributed by atoms with Crippen LogP contribution in [-0.4, -0.2) is 21.6 Å². The maximum absolute atomic E-state index is 6.28. The molecule has 0 saturated heterocycles. The maximum atomic E-state index is 6.28. The second-order valence-electron chi connectivity index (χ2n) is 5.59. The Hall–Kier alpha value is -1.30. The largest absolute Gasteiger partial charge is 0.362 e. The van der Waals surface area contributed by atoms with Crippen molar-refractivity contribution < 1.29 is 0 Å². The monoisotopic (exact) mass is 368 g/mol. The Labute approximate surface area is 150 Å². The zero-order valence-corrected chi connectivity index (χ0v) is 14.9. The van der Waals surface area contributed by atoms with Crippen LogP contribution in [0.15, 0.2) is 24.0 Å². The van der Waals surface area contributed by atoms with E-state index in [1.165, 1.54) is 31.3 Å². The van der Waals surface area contributed by atoms with E-state index < -0.39 is 0 Å². The van der Waals surface area contributed by atoms with Gasteiger partial charge in [-0.05, 0) is 50.4 Å². The van der Waals surface area contributed by atoms with Crippen molar-refractivity contribution >= 4 is 57.3 Å². The molecule has 1 aliphatic carbocycles. The van der Waals surface area contributed by atoms with Crippen molar-refractivity contribution in [3.8, 4) is 0 Å². The minimum Gasteiger partial charge on any atom is -0.362 e. The minimum atomic E-state index is 0.422. The first-order valence-electron chi connectivity index (χ1n) is 7.69. The molecule has 1 heterocycles. The highest BCUT2D eigenvalue weighted by Gasteiger charge is 2.14. The molecule has 3 N–H and O–H groups in total. The first kappa shape index (κ1) is 16.6. The molecule has 0 fully saturated rings. The quantitative estimate of drug-likeness (QED) is 0.522. The Bertz CT molecular complexity index is 754. The molecule has 122 valence electrons. The number of nitrogens with one attached hydrogen (secondary N) is 3. The number of rotatable bonds is 4. The normalized spacial score (nSPS) is 14.6. The van der Waals surface area contributed by atoms with Crippen LogP contribution in [-0.2, 0) is 0 Å². The van der Waals surface area contributed by atoms with Gasteiger partial charge in [0.05, 0.1) is 27.6 Å². The highest BCUT2D eigenvalue weighted by molar-refractivity contribution is 7.80. The van der Waals surface area contributed by atoms with Gasteiger partial charge in [-0.25, -0.2) is 4.98 Å². The van der Waals surface area contributed by atoms with Crippen molar-refractivity contribution in [2.24, 2.45) is 0 Å². The molecule has 0 unspecified atom stereocenters. The molecule has 0 saturated carbocycles. The van der Waals surface area contributed by atoms with Crippen LogP contribution in [0.2, 0.25) is 10.0 Å². The lowest BCUT2D eigenvalue weighted by Crippen LogP contribution is -2.29. The number of aromatic amines is 1. The van der Waals surface area contributed by atoms with Gasteiger partial charge < -0.3 is 15.6 Å². The number of hydrogen-bond acceptors (Lipinski definition) is 2. The van der Waals surface area contributed by atoms with Gasteiger partial charge in [-0.15, -0.1) is 0 Å². The number of fused-ring (bicyclic) bond motifs is 1. The van der Waals surface area contributed by atoms with Gasteiger partial charge in [-0.2, -0.15) is 0 Å². The number of hydrogen-bond donors (Lipinski definition) is 3. The third kappa shape index (κ3) is 3.97. The molecular formula is C16H18Cl2N4S. The molecule has 23 heavy (non-hydrogen) atoms. The topological polar surface area (TPSA) is 52.7 Å². The molecule has 0 bridgehead atoms. The molecule has 2 aromatic rings. The van der Waals surface area contributed by atoms with Crippen LogP contribution in [0.5, 0.6) is 0 Å². The summed E-state index contributed by atoms with van der Waals surface area (Å²) in [6, 6.07) is 1.75. The number of allylic oxidation sites excluding steroid dienone is 1. The molecule has 1 aliphatic rings. The average molecular weight is 369 g/mol. The summed E-state index contributed by atoms with van der Waals surface area (Å²) in [6.45, 7) is 0.805. The molecule has 0 aliphatic heterocycles. The van der Waals surface area contributed by atoms with Crippen LogP contribution in [0.4, 0.5) is 5.69 Å². The van der Waals surface area contributed by atoms with E-state index in [0.717, 1.165) is 24.0 Å². The Morgan fingerprint density at radius 2 is 2.22 bits per heavy atom. The smallest absolute Gasteiger partial charge is 0.170 e. The highest BCUT2D eigenvalue weighted by atomic mass is 35.5. The van der Waals surface area contributed by atoms with E-state index >= 15 is 0 Å². The third-order valence-electron chi connectivity index (χ3n) is 3.96. The molecule has 0 spiro atoms. The molecule has 4 nitrogen and oxygen atoms in total. The minimum absolute atomic E-state index is 0.422. The van der Waals surface area contributed by atoms with E-state index in [4.69, 9.17) is 35.4 Å². The lowest BCUT2D eigenvalue weighted by molar-refractivity contribution is 0.669. The number of nitrogens with zero attached hydrogens (tertiary/aromatic N) is 1. The summed E-state index contributed by atoms with van der Waals surface area (Å²) in [7, 11) is 0. The standard InChI is InChI=1S/C16H18Cl2N4S/c17-11-8-12-14(21-9-20-12)15(13(11)18)22-16(23)19-7-6-10-4-2-1-3-5-10/h4,8-9H,1-3,5-7H2,(H,20,21)(H2,19,22,23). The van der Waals surface area contributed by atoms with Gasteiger partial charge >= 0.3 is 0 Å². The van der Waals surface area contributed by atoms with Crippen LogP contribution in [0, 0.1) is 0 Å². The van der Waals surface area contributed by atoms with Crippen molar-refractivity contribution in [1.29, 1.82) is 0 Å². The number of benzene rings is 1. The average Bonchev–Trinajstić information content (AvgIpc) is 3.01. The number of thiocarbonyl (C=S) groups is 1. The molecule has 0 atom stereocenters. The summed E-state index contributed by atoms with van der Waals surface area (Å²) in [6.07, 6.45) is 9.98. The van der Waals surface area contributed by atoms with E-state index in [9.17, 15) is 0 Å². The van der Waals surface area contributed by atoms with Gasteiger partial charge in [0.2, 0.25) is 0 Å². The second kappa shape index (κ2) is 7.51. The van der Waals surface area contributed by atoms with Gasteiger partial charge in [0, 0.05) is 6.54 Å². The molecule has 3 rings (SSSR count). The van der Waals surface area contributed by atoms with Gasteiger partial charge in [0.15, 0.2) is 5.11 Å². The van der Waals surface area contributed by atoms with Crippen molar-refractivity contribution in [2.45, 2.75) is 32.1 Å². The van der Waals surface area contributed by atoms with E-state index in [0.29, 0.717) is 20.8 Å². The Morgan fingerprint density at radius 1 is 1.35 bits per heavy atom. The first-order valence-corrected chi connectivity index (χ1v) is 8.85. The van der Waals surface area contributed by atoms with Crippen LogP contribution < -0.4 is 10.6 Å². The number of imidazole rings is 1. The first-order chi connectivity index (χ1) is 11.1. The van der Waals surface area contributed by atoms with Crippen LogP contribution in [0.1, 0.15) is 32.1 Å². The summed E-state index contributed by atoms with van der Waals surface area (Å²) < 4.78 is 0. The Morgan fingerprint density at radius 3 is 3.00 bits per heavy atom. The van der Waals surface area contributed by atoms with Gasteiger partial charge in [-0.3, -0.25) is 0 Å². The van der Waals surface area contributed by atoms with Crippen molar-refractivity contribution in [3.63, 3.8) is 0 Å². The molecule has 0 radical (unpaired) electrons. The highest BCUT2D eigenvalue weighted by Crippen LogP contribution is 2.35. The molecule has 1 aromatic heterocycles. The van der Waals surface area contributed by atoms with Crippen LogP contribution in [0.25, 0.3) is 11.0 Å². The summed E-state index contributed by atoms with van der Waals surface area (Å²) in [5.74, 6) is 0. The number of H-pyrrole nitrogens is 1. The molecular weight excluding hydrogens is 351 g/mol. The van der Waals surface area contributed by atoms with Crippen molar-refractivity contribution in [1.82, 2.24) is 15.3 Å². The van der Waals surface area contributed by atoms with E-state index in [-0.39, 0.29) is 0 Å². The lowest BCUT2D eigenvalue weighted by Gasteiger charge is -2.15. The van der Waals surface area contributed by atoms with E-state index in [2.05, 4.69) is 26.7 Å². The predicted octanol–water partition coefficient (Wildman–Crippen LogP) is 5.05. The second-order valence-corrected chi connectivity index (χ2v) is 6.78.